The quantitative estimate of drug-likeness (QED) is 0.869. The topological polar surface area (TPSA) is 39.7 Å². The minimum atomic E-state index is -0.0191. The van der Waals surface area contributed by atoms with E-state index >= 15 is 0 Å². The second kappa shape index (κ2) is 6.46. The Kier molecular flexibility index (Phi) is 4.89. The lowest BCUT2D eigenvalue weighted by molar-refractivity contribution is -0.0329. The van der Waals surface area contributed by atoms with Gasteiger partial charge in [0, 0.05) is 6.54 Å². The van der Waals surface area contributed by atoms with E-state index in [9.17, 15) is 0 Å². The third-order valence-electron chi connectivity index (χ3n) is 3.59. The summed E-state index contributed by atoms with van der Waals surface area (Å²) in [6, 6.07) is 6.02. The summed E-state index contributed by atoms with van der Waals surface area (Å²) >= 11 is 0. The van der Waals surface area contributed by atoms with Gasteiger partial charge in [-0.2, -0.15) is 0 Å². The summed E-state index contributed by atoms with van der Waals surface area (Å²) in [4.78, 5) is 0. The lowest BCUT2D eigenvalue weighted by Crippen LogP contribution is -2.24. The lowest BCUT2D eigenvalue weighted by Gasteiger charge is -2.20. The van der Waals surface area contributed by atoms with Crippen molar-refractivity contribution in [3.8, 4) is 11.5 Å². The first kappa shape index (κ1) is 15.1. The van der Waals surface area contributed by atoms with Crippen molar-refractivity contribution in [3.05, 3.63) is 23.8 Å². The van der Waals surface area contributed by atoms with Crippen LogP contribution >= 0.6 is 0 Å². The van der Waals surface area contributed by atoms with E-state index in [1.54, 1.807) is 7.11 Å². The highest BCUT2D eigenvalue weighted by atomic mass is 16.6. The maximum Gasteiger partial charge on any atom is 0.161 e. The third kappa shape index (κ3) is 3.87. The SMILES string of the molecule is CNCc1ccc(OCC2CCC(C)(C)O2)c(OC)c1. The molecule has 20 heavy (non-hydrogen) atoms. The highest BCUT2D eigenvalue weighted by molar-refractivity contribution is 5.43. The van der Waals surface area contributed by atoms with E-state index in [1.807, 2.05) is 25.2 Å². The normalized spacial score (nSPS) is 20.9. The minimum Gasteiger partial charge on any atom is -0.493 e. The zero-order valence-corrected chi connectivity index (χ0v) is 12.9. The van der Waals surface area contributed by atoms with Gasteiger partial charge in [-0.05, 0) is 51.4 Å². The summed E-state index contributed by atoms with van der Waals surface area (Å²) in [5, 5.41) is 3.12. The fraction of sp³-hybridized carbons (Fsp3) is 0.625. The van der Waals surface area contributed by atoms with Crippen LogP contribution in [0.3, 0.4) is 0 Å². The van der Waals surface area contributed by atoms with Crippen LogP contribution < -0.4 is 14.8 Å². The molecule has 2 rings (SSSR count). The van der Waals surface area contributed by atoms with E-state index < -0.39 is 0 Å². The van der Waals surface area contributed by atoms with Crippen LogP contribution in [-0.2, 0) is 11.3 Å². The highest BCUT2D eigenvalue weighted by Crippen LogP contribution is 2.32. The molecule has 1 saturated heterocycles. The Labute approximate surface area is 121 Å². The molecule has 0 spiro atoms. The average Bonchev–Trinajstić information content (AvgIpc) is 2.77. The van der Waals surface area contributed by atoms with Crippen molar-refractivity contribution in [2.24, 2.45) is 0 Å². The van der Waals surface area contributed by atoms with Crippen molar-refractivity contribution in [1.29, 1.82) is 0 Å². The van der Waals surface area contributed by atoms with Gasteiger partial charge in [-0.1, -0.05) is 6.07 Å². The molecule has 1 unspecified atom stereocenters. The van der Waals surface area contributed by atoms with Gasteiger partial charge < -0.3 is 19.5 Å². The summed E-state index contributed by atoms with van der Waals surface area (Å²) in [6.45, 7) is 5.64. The molecule has 1 aromatic carbocycles. The zero-order chi connectivity index (χ0) is 14.6. The first-order chi connectivity index (χ1) is 9.54. The molecule has 1 aliphatic heterocycles. The van der Waals surface area contributed by atoms with E-state index in [0.29, 0.717) is 6.61 Å². The molecule has 1 fully saturated rings. The average molecular weight is 279 g/mol. The first-order valence-corrected chi connectivity index (χ1v) is 7.16. The van der Waals surface area contributed by atoms with Crippen LogP contribution in [0.2, 0.25) is 0 Å². The molecule has 0 aromatic heterocycles. The minimum absolute atomic E-state index is 0.0191. The number of rotatable bonds is 6. The van der Waals surface area contributed by atoms with Crippen LogP contribution in [0.25, 0.3) is 0 Å². The summed E-state index contributed by atoms with van der Waals surface area (Å²) in [7, 11) is 3.59. The molecule has 4 heteroatoms. The van der Waals surface area contributed by atoms with E-state index in [1.165, 1.54) is 5.56 Å². The molecule has 4 nitrogen and oxygen atoms in total. The first-order valence-electron chi connectivity index (χ1n) is 7.16. The molecule has 0 radical (unpaired) electrons. The van der Waals surface area contributed by atoms with Crippen molar-refractivity contribution in [2.45, 2.75) is 44.9 Å². The van der Waals surface area contributed by atoms with Crippen molar-refractivity contribution in [3.63, 3.8) is 0 Å². The van der Waals surface area contributed by atoms with Gasteiger partial charge in [-0.3, -0.25) is 0 Å². The van der Waals surface area contributed by atoms with Crippen LogP contribution in [0, 0.1) is 0 Å². The summed E-state index contributed by atoms with van der Waals surface area (Å²) in [6.07, 6.45) is 2.30. The number of methoxy groups -OCH3 is 1. The smallest absolute Gasteiger partial charge is 0.161 e. The van der Waals surface area contributed by atoms with Gasteiger partial charge >= 0.3 is 0 Å². The Morgan fingerprint density at radius 3 is 2.75 bits per heavy atom. The van der Waals surface area contributed by atoms with Crippen LogP contribution in [0.1, 0.15) is 32.3 Å². The number of nitrogens with one attached hydrogen (secondary N) is 1. The molecule has 0 aliphatic carbocycles. The standard InChI is InChI=1S/C16H25NO3/c1-16(2)8-7-13(20-16)11-19-14-6-5-12(10-17-3)9-15(14)18-4/h5-6,9,13,17H,7-8,10-11H2,1-4H3. The predicted octanol–water partition coefficient (Wildman–Crippen LogP) is 2.75. The van der Waals surface area contributed by atoms with Gasteiger partial charge in [0.2, 0.25) is 0 Å². The Balaban J connectivity index is 1.95. The fourth-order valence-electron chi connectivity index (χ4n) is 2.52. The van der Waals surface area contributed by atoms with Gasteiger partial charge in [0.15, 0.2) is 11.5 Å². The van der Waals surface area contributed by atoms with E-state index in [0.717, 1.165) is 30.9 Å². The Morgan fingerprint density at radius 2 is 2.15 bits per heavy atom. The largest absolute Gasteiger partial charge is 0.493 e. The summed E-state index contributed by atoms with van der Waals surface area (Å²) < 4.78 is 17.2. The molecule has 1 heterocycles. The maximum atomic E-state index is 5.93. The molecule has 0 bridgehead atoms. The molecule has 0 amide bonds. The molecule has 1 aromatic rings. The molecule has 112 valence electrons. The van der Waals surface area contributed by atoms with Crippen molar-refractivity contribution >= 4 is 0 Å². The van der Waals surface area contributed by atoms with Gasteiger partial charge in [-0.25, -0.2) is 0 Å². The van der Waals surface area contributed by atoms with Crippen LogP contribution in [0.15, 0.2) is 18.2 Å². The van der Waals surface area contributed by atoms with E-state index in [4.69, 9.17) is 14.2 Å². The molecule has 1 N–H and O–H groups in total. The van der Waals surface area contributed by atoms with Crippen LogP contribution in [-0.4, -0.2) is 32.5 Å². The third-order valence-corrected chi connectivity index (χ3v) is 3.59. The number of ether oxygens (including phenoxy) is 3. The van der Waals surface area contributed by atoms with E-state index in [2.05, 4.69) is 19.2 Å². The summed E-state index contributed by atoms with van der Waals surface area (Å²) in [5.41, 5.74) is 1.16. The summed E-state index contributed by atoms with van der Waals surface area (Å²) in [5.74, 6) is 1.55. The molecule has 1 aliphatic rings. The number of hydrogen-bond acceptors (Lipinski definition) is 4. The van der Waals surface area contributed by atoms with Gasteiger partial charge in [-0.15, -0.1) is 0 Å². The molecule has 0 saturated carbocycles. The van der Waals surface area contributed by atoms with Crippen molar-refractivity contribution < 1.29 is 14.2 Å². The second-order valence-electron chi connectivity index (χ2n) is 5.86. The van der Waals surface area contributed by atoms with Crippen molar-refractivity contribution in [2.75, 3.05) is 20.8 Å². The van der Waals surface area contributed by atoms with Crippen LogP contribution in [0.5, 0.6) is 11.5 Å². The van der Waals surface area contributed by atoms with Gasteiger partial charge in [0.1, 0.15) is 6.61 Å². The lowest BCUT2D eigenvalue weighted by atomic mass is 10.1. The molecular formula is C16H25NO3. The Bertz CT molecular complexity index is 445. The Hall–Kier alpha value is -1.26. The number of benzene rings is 1. The molecular weight excluding hydrogens is 254 g/mol. The van der Waals surface area contributed by atoms with E-state index in [-0.39, 0.29) is 11.7 Å². The zero-order valence-electron chi connectivity index (χ0n) is 12.9. The maximum absolute atomic E-state index is 5.93. The molecule has 1 atom stereocenters. The predicted molar refractivity (Wildman–Crippen MR) is 79.4 cm³/mol. The monoisotopic (exact) mass is 279 g/mol. The Morgan fingerprint density at radius 1 is 1.35 bits per heavy atom. The van der Waals surface area contributed by atoms with Crippen LogP contribution in [0.4, 0.5) is 0 Å². The van der Waals surface area contributed by atoms with Gasteiger partial charge in [0.25, 0.3) is 0 Å². The highest BCUT2D eigenvalue weighted by Gasteiger charge is 2.32. The van der Waals surface area contributed by atoms with Gasteiger partial charge in [0.05, 0.1) is 18.8 Å². The second-order valence-corrected chi connectivity index (χ2v) is 5.86. The number of hydrogen-bond donors (Lipinski definition) is 1. The van der Waals surface area contributed by atoms with Crippen molar-refractivity contribution in [1.82, 2.24) is 5.32 Å². The fourth-order valence-corrected chi connectivity index (χ4v) is 2.52.